The first kappa shape index (κ1) is 15.0. The zero-order chi connectivity index (χ0) is 13.4. The molecular formula is C16H27NO. The van der Waals surface area contributed by atoms with E-state index in [1.165, 1.54) is 12.0 Å². The largest absolute Gasteiger partial charge is 0.489 e. The molecule has 1 aromatic carbocycles. The van der Waals surface area contributed by atoms with Gasteiger partial charge in [0.05, 0.1) is 0 Å². The van der Waals surface area contributed by atoms with E-state index >= 15 is 0 Å². The molecule has 1 N–H and O–H groups in total. The van der Waals surface area contributed by atoms with Crippen LogP contribution in [0.5, 0.6) is 5.75 Å². The van der Waals surface area contributed by atoms with E-state index in [0.717, 1.165) is 25.0 Å². The van der Waals surface area contributed by atoms with Gasteiger partial charge in [-0.15, -0.1) is 0 Å². The minimum atomic E-state index is 0.252. The highest BCUT2D eigenvalue weighted by Crippen LogP contribution is 2.18. The van der Waals surface area contributed by atoms with Crippen molar-refractivity contribution in [1.82, 2.24) is 5.32 Å². The van der Waals surface area contributed by atoms with Crippen molar-refractivity contribution < 1.29 is 4.74 Å². The van der Waals surface area contributed by atoms with Gasteiger partial charge in [0, 0.05) is 6.04 Å². The predicted molar refractivity (Wildman–Crippen MR) is 78.3 cm³/mol. The molecule has 2 heteroatoms. The van der Waals surface area contributed by atoms with Gasteiger partial charge in [0.1, 0.15) is 11.9 Å². The van der Waals surface area contributed by atoms with Crippen LogP contribution in [0.3, 0.4) is 0 Å². The number of likely N-dealkylation sites (N-methyl/N-ethyl adjacent to an activating group) is 1. The van der Waals surface area contributed by atoms with Crippen LogP contribution in [0.15, 0.2) is 24.3 Å². The average Bonchev–Trinajstić information content (AvgIpc) is 2.43. The molecule has 0 aliphatic heterocycles. The van der Waals surface area contributed by atoms with Crippen LogP contribution in [-0.2, 0) is 6.42 Å². The average molecular weight is 249 g/mol. The highest BCUT2D eigenvalue weighted by atomic mass is 16.5. The summed E-state index contributed by atoms with van der Waals surface area (Å²) >= 11 is 0. The van der Waals surface area contributed by atoms with E-state index in [0.29, 0.717) is 6.04 Å². The van der Waals surface area contributed by atoms with E-state index in [2.05, 4.69) is 50.4 Å². The van der Waals surface area contributed by atoms with Crippen molar-refractivity contribution in [2.75, 3.05) is 7.05 Å². The van der Waals surface area contributed by atoms with Crippen LogP contribution in [0.4, 0.5) is 0 Å². The molecule has 102 valence electrons. The van der Waals surface area contributed by atoms with Gasteiger partial charge in [-0.3, -0.25) is 0 Å². The molecule has 0 aliphatic carbocycles. The monoisotopic (exact) mass is 249 g/mol. The Morgan fingerprint density at radius 2 is 1.78 bits per heavy atom. The molecule has 0 aliphatic rings. The zero-order valence-electron chi connectivity index (χ0n) is 12.2. The molecule has 1 aromatic rings. The Hall–Kier alpha value is -1.02. The molecule has 2 atom stereocenters. The van der Waals surface area contributed by atoms with Gasteiger partial charge in [-0.05, 0) is 44.0 Å². The second-order valence-corrected chi connectivity index (χ2v) is 4.75. The van der Waals surface area contributed by atoms with Crippen molar-refractivity contribution in [3.63, 3.8) is 0 Å². The Morgan fingerprint density at radius 3 is 2.22 bits per heavy atom. The van der Waals surface area contributed by atoms with Gasteiger partial charge in [-0.25, -0.2) is 0 Å². The Morgan fingerprint density at radius 1 is 1.11 bits per heavy atom. The fourth-order valence-corrected chi connectivity index (χ4v) is 2.26. The minimum Gasteiger partial charge on any atom is -0.489 e. The standard InChI is InChI=1S/C16H27NO/c1-5-8-15(17-4)16(7-3)18-14-11-9-13(6-2)10-12-14/h9-12,15-17H,5-8H2,1-4H3. The van der Waals surface area contributed by atoms with Crippen LogP contribution in [0, 0.1) is 0 Å². The van der Waals surface area contributed by atoms with E-state index in [1.54, 1.807) is 0 Å². The Bertz CT molecular complexity index is 320. The lowest BCUT2D eigenvalue weighted by Gasteiger charge is -2.26. The maximum atomic E-state index is 6.11. The Balaban J connectivity index is 2.65. The van der Waals surface area contributed by atoms with Crippen LogP contribution in [0.1, 0.15) is 45.6 Å². The summed E-state index contributed by atoms with van der Waals surface area (Å²) in [5.41, 5.74) is 1.36. The smallest absolute Gasteiger partial charge is 0.119 e. The van der Waals surface area contributed by atoms with Crippen molar-refractivity contribution in [1.29, 1.82) is 0 Å². The summed E-state index contributed by atoms with van der Waals surface area (Å²) in [5.74, 6) is 0.982. The van der Waals surface area contributed by atoms with E-state index in [9.17, 15) is 0 Å². The van der Waals surface area contributed by atoms with Gasteiger partial charge >= 0.3 is 0 Å². The van der Waals surface area contributed by atoms with E-state index in [1.807, 2.05) is 7.05 Å². The quantitative estimate of drug-likeness (QED) is 0.756. The molecule has 0 bridgehead atoms. The van der Waals surface area contributed by atoms with E-state index < -0.39 is 0 Å². The van der Waals surface area contributed by atoms with Crippen LogP contribution >= 0.6 is 0 Å². The molecule has 0 saturated heterocycles. The molecule has 0 heterocycles. The summed E-state index contributed by atoms with van der Waals surface area (Å²) < 4.78 is 6.11. The lowest BCUT2D eigenvalue weighted by molar-refractivity contribution is 0.146. The molecule has 0 aromatic heterocycles. The number of benzene rings is 1. The predicted octanol–water partition coefficient (Wildman–Crippen LogP) is 3.79. The third kappa shape index (κ3) is 4.34. The highest BCUT2D eigenvalue weighted by Gasteiger charge is 2.19. The molecule has 1 rings (SSSR count). The number of hydrogen-bond acceptors (Lipinski definition) is 2. The fraction of sp³-hybridized carbons (Fsp3) is 0.625. The number of rotatable bonds is 8. The maximum Gasteiger partial charge on any atom is 0.119 e. The molecule has 0 fully saturated rings. The summed E-state index contributed by atoms with van der Waals surface area (Å²) in [4.78, 5) is 0. The Labute approximate surface area is 112 Å². The normalized spacial score (nSPS) is 14.2. The van der Waals surface area contributed by atoms with E-state index in [-0.39, 0.29) is 6.10 Å². The highest BCUT2D eigenvalue weighted by molar-refractivity contribution is 5.27. The lowest BCUT2D eigenvalue weighted by atomic mass is 10.0. The first-order valence-electron chi connectivity index (χ1n) is 7.17. The summed E-state index contributed by atoms with van der Waals surface area (Å²) in [6.45, 7) is 6.57. The SMILES string of the molecule is CCCC(NC)C(CC)Oc1ccc(CC)cc1. The summed E-state index contributed by atoms with van der Waals surface area (Å²) in [7, 11) is 2.02. The van der Waals surface area contributed by atoms with Crippen LogP contribution in [0.25, 0.3) is 0 Å². The van der Waals surface area contributed by atoms with E-state index in [4.69, 9.17) is 4.74 Å². The van der Waals surface area contributed by atoms with Crippen LogP contribution in [0.2, 0.25) is 0 Å². The number of aryl methyl sites for hydroxylation is 1. The third-order valence-electron chi connectivity index (χ3n) is 3.44. The van der Waals surface area contributed by atoms with Crippen molar-refractivity contribution in [2.45, 2.75) is 58.6 Å². The first-order valence-corrected chi connectivity index (χ1v) is 7.17. The molecule has 2 unspecified atom stereocenters. The van der Waals surface area contributed by atoms with Gasteiger partial charge < -0.3 is 10.1 Å². The van der Waals surface area contributed by atoms with Crippen molar-refractivity contribution in [2.24, 2.45) is 0 Å². The number of nitrogens with one attached hydrogen (secondary N) is 1. The second kappa shape index (κ2) is 8.15. The summed E-state index contributed by atoms with van der Waals surface area (Å²) in [6.07, 6.45) is 4.69. The van der Waals surface area contributed by atoms with Gasteiger partial charge in [-0.2, -0.15) is 0 Å². The zero-order valence-corrected chi connectivity index (χ0v) is 12.2. The van der Waals surface area contributed by atoms with Gasteiger partial charge in [0.25, 0.3) is 0 Å². The summed E-state index contributed by atoms with van der Waals surface area (Å²) in [5, 5.41) is 3.37. The molecule has 0 amide bonds. The van der Waals surface area contributed by atoms with Crippen molar-refractivity contribution >= 4 is 0 Å². The lowest BCUT2D eigenvalue weighted by Crippen LogP contribution is -2.40. The summed E-state index contributed by atoms with van der Waals surface area (Å²) in [6, 6.07) is 8.90. The number of ether oxygens (including phenoxy) is 1. The van der Waals surface area contributed by atoms with Crippen LogP contribution < -0.4 is 10.1 Å². The molecule has 0 radical (unpaired) electrons. The first-order chi connectivity index (χ1) is 8.74. The Kier molecular flexibility index (Phi) is 6.81. The van der Waals surface area contributed by atoms with Crippen molar-refractivity contribution in [3.05, 3.63) is 29.8 Å². The molecular weight excluding hydrogens is 222 g/mol. The van der Waals surface area contributed by atoms with Gasteiger partial charge in [-0.1, -0.05) is 39.3 Å². The van der Waals surface area contributed by atoms with Gasteiger partial charge in [0.2, 0.25) is 0 Å². The second-order valence-electron chi connectivity index (χ2n) is 4.75. The topological polar surface area (TPSA) is 21.3 Å². The molecule has 2 nitrogen and oxygen atoms in total. The van der Waals surface area contributed by atoms with Gasteiger partial charge in [0.15, 0.2) is 0 Å². The number of hydrogen-bond donors (Lipinski definition) is 1. The molecule has 0 spiro atoms. The van der Waals surface area contributed by atoms with Crippen LogP contribution in [-0.4, -0.2) is 19.2 Å². The molecule has 0 saturated carbocycles. The maximum absolute atomic E-state index is 6.11. The minimum absolute atomic E-state index is 0.252. The molecule has 18 heavy (non-hydrogen) atoms. The van der Waals surface area contributed by atoms with Crippen molar-refractivity contribution in [3.8, 4) is 5.75 Å². The third-order valence-corrected chi connectivity index (χ3v) is 3.44. The fourth-order valence-electron chi connectivity index (χ4n) is 2.26.